The Balaban J connectivity index is 1.20. The van der Waals surface area contributed by atoms with Crippen molar-refractivity contribution in [3.63, 3.8) is 0 Å². The number of hydrogen-bond acceptors (Lipinski definition) is 4. The summed E-state index contributed by atoms with van der Waals surface area (Å²) in [4.78, 5) is 9.34. The number of likely N-dealkylation sites (N-methyl/N-ethyl adjacent to an activating group) is 1. The zero-order chi connectivity index (χ0) is 21.5. The van der Waals surface area contributed by atoms with E-state index < -0.39 is 0 Å². The maximum absolute atomic E-state index is 6.00. The van der Waals surface area contributed by atoms with Crippen molar-refractivity contribution in [3.8, 4) is 5.75 Å². The fraction of sp³-hybridized carbons (Fsp3) is 0.480. The van der Waals surface area contributed by atoms with E-state index in [-0.39, 0.29) is 6.10 Å². The van der Waals surface area contributed by atoms with Crippen molar-refractivity contribution in [1.29, 1.82) is 0 Å². The van der Waals surface area contributed by atoms with Crippen LogP contribution >= 0.6 is 0 Å². The number of guanidine groups is 1. The van der Waals surface area contributed by atoms with Crippen LogP contribution in [0.15, 0.2) is 53.5 Å². The zero-order valence-electron chi connectivity index (χ0n) is 18.8. The molecule has 0 aliphatic carbocycles. The fourth-order valence-corrected chi connectivity index (χ4v) is 4.26. The molecule has 2 aromatic rings. The molecule has 166 valence electrons. The van der Waals surface area contributed by atoms with E-state index in [4.69, 9.17) is 4.74 Å². The lowest BCUT2D eigenvalue weighted by Gasteiger charge is -2.20. The van der Waals surface area contributed by atoms with E-state index in [1.54, 1.807) is 7.05 Å². The molecule has 6 heteroatoms. The predicted molar refractivity (Wildman–Crippen MR) is 127 cm³/mol. The van der Waals surface area contributed by atoms with Gasteiger partial charge in [0.1, 0.15) is 11.9 Å². The van der Waals surface area contributed by atoms with Gasteiger partial charge in [-0.2, -0.15) is 0 Å². The minimum atomic E-state index is 0.147. The van der Waals surface area contributed by atoms with Crippen molar-refractivity contribution in [2.24, 2.45) is 4.99 Å². The average Bonchev–Trinajstić information content (AvgIpc) is 3.10. The number of fused-ring (bicyclic) bond motifs is 1. The third-order valence-electron chi connectivity index (χ3n) is 6.14. The lowest BCUT2D eigenvalue weighted by atomic mass is 10.1. The van der Waals surface area contributed by atoms with Crippen LogP contribution in [0, 0.1) is 0 Å². The number of aliphatic imine (C=N–C) groups is 1. The second kappa shape index (κ2) is 10.6. The summed E-state index contributed by atoms with van der Waals surface area (Å²) in [5.41, 5.74) is 3.92. The van der Waals surface area contributed by atoms with E-state index in [9.17, 15) is 0 Å². The molecule has 0 radical (unpaired) electrons. The molecule has 0 bridgehead atoms. The van der Waals surface area contributed by atoms with Gasteiger partial charge < -0.3 is 20.3 Å². The highest BCUT2D eigenvalue weighted by Gasteiger charge is 2.22. The van der Waals surface area contributed by atoms with Crippen LogP contribution in [0.1, 0.15) is 23.1 Å². The van der Waals surface area contributed by atoms with Gasteiger partial charge in [0.05, 0.1) is 6.54 Å². The predicted octanol–water partition coefficient (Wildman–Crippen LogP) is 2.49. The minimum Gasteiger partial charge on any atom is -0.488 e. The maximum Gasteiger partial charge on any atom is 0.191 e. The van der Waals surface area contributed by atoms with Crippen LogP contribution in [-0.2, 0) is 19.5 Å². The van der Waals surface area contributed by atoms with E-state index in [0.717, 1.165) is 50.9 Å². The topological polar surface area (TPSA) is 52.1 Å². The van der Waals surface area contributed by atoms with Crippen molar-refractivity contribution in [2.75, 3.05) is 46.8 Å². The first kappa shape index (κ1) is 21.7. The van der Waals surface area contributed by atoms with Gasteiger partial charge in [-0.05, 0) is 49.3 Å². The number of nitrogens with one attached hydrogen (secondary N) is 2. The smallest absolute Gasteiger partial charge is 0.191 e. The normalized spacial score (nSPS) is 20.1. The quantitative estimate of drug-likeness (QED) is 0.555. The number of benzene rings is 2. The molecule has 2 N–H and O–H groups in total. The second-order valence-corrected chi connectivity index (χ2v) is 8.61. The van der Waals surface area contributed by atoms with E-state index in [1.807, 2.05) is 12.1 Å². The molecule has 2 aliphatic heterocycles. The van der Waals surface area contributed by atoms with Crippen LogP contribution in [0.2, 0.25) is 0 Å². The highest BCUT2D eigenvalue weighted by atomic mass is 16.5. The molecule has 1 fully saturated rings. The monoisotopic (exact) mass is 421 g/mol. The minimum absolute atomic E-state index is 0.147. The summed E-state index contributed by atoms with van der Waals surface area (Å²) in [7, 11) is 4.02. The Bertz CT molecular complexity index is 841. The first-order valence-electron chi connectivity index (χ1n) is 11.4. The molecule has 0 spiro atoms. The molecule has 2 aromatic carbocycles. The highest BCUT2D eigenvalue weighted by Crippen LogP contribution is 2.27. The lowest BCUT2D eigenvalue weighted by molar-refractivity contribution is 0.235. The Hall–Kier alpha value is -2.57. The Morgan fingerprint density at radius 3 is 2.61 bits per heavy atom. The summed E-state index contributed by atoms with van der Waals surface area (Å²) in [6, 6.07) is 17.2. The Labute approximate surface area is 186 Å². The number of rotatable bonds is 6. The second-order valence-electron chi connectivity index (χ2n) is 8.61. The van der Waals surface area contributed by atoms with Gasteiger partial charge in [0, 0.05) is 39.6 Å². The fourth-order valence-electron chi connectivity index (χ4n) is 4.26. The Morgan fingerprint density at radius 1 is 1.00 bits per heavy atom. The van der Waals surface area contributed by atoms with Gasteiger partial charge in [0.25, 0.3) is 0 Å². The van der Waals surface area contributed by atoms with E-state index in [2.05, 4.69) is 68.9 Å². The van der Waals surface area contributed by atoms with Crippen molar-refractivity contribution in [3.05, 3.63) is 65.2 Å². The Kier molecular flexibility index (Phi) is 7.43. The zero-order valence-corrected chi connectivity index (χ0v) is 18.8. The van der Waals surface area contributed by atoms with Crippen LogP contribution in [0.25, 0.3) is 0 Å². The largest absolute Gasteiger partial charge is 0.488 e. The highest BCUT2D eigenvalue weighted by molar-refractivity contribution is 5.79. The summed E-state index contributed by atoms with van der Waals surface area (Å²) in [6.45, 7) is 7.22. The molecule has 0 aromatic heterocycles. The summed E-state index contributed by atoms with van der Waals surface area (Å²) in [5, 5.41) is 6.81. The van der Waals surface area contributed by atoms with Crippen molar-refractivity contribution in [2.45, 2.75) is 32.0 Å². The van der Waals surface area contributed by atoms with E-state index in [0.29, 0.717) is 0 Å². The first-order chi connectivity index (χ1) is 15.2. The molecule has 1 saturated heterocycles. The van der Waals surface area contributed by atoms with Gasteiger partial charge in [-0.1, -0.05) is 42.5 Å². The lowest BCUT2D eigenvalue weighted by Crippen LogP contribution is -2.41. The first-order valence-corrected chi connectivity index (χ1v) is 11.4. The van der Waals surface area contributed by atoms with Gasteiger partial charge in [-0.15, -0.1) is 0 Å². The maximum atomic E-state index is 6.00. The van der Waals surface area contributed by atoms with Gasteiger partial charge in [0.15, 0.2) is 5.96 Å². The van der Waals surface area contributed by atoms with Crippen molar-refractivity contribution in [1.82, 2.24) is 20.4 Å². The summed E-state index contributed by atoms with van der Waals surface area (Å²) in [5.74, 6) is 1.81. The molecular formula is C25H35N5O. The standard InChI is InChI=1S/C25H35N5O/c1-26-25(28-18-23-16-22-6-3-4-7-24(22)31-23)27-17-20-8-10-21(11-9-20)19-30-13-5-12-29(2)14-15-30/h3-4,6-11,23H,5,12-19H2,1-2H3,(H2,26,27,28). The number of hydrogen-bond donors (Lipinski definition) is 2. The van der Waals surface area contributed by atoms with Crippen LogP contribution in [0.5, 0.6) is 5.75 Å². The number of nitrogens with zero attached hydrogens (tertiary/aromatic N) is 3. The molecule has 1 unspecified atom stereocenters. The molecule has 31 heavy (non-hydrogen) atoms. The van der Waals surface area contributed by atoms with Gasteiger partial charge in [-0.25, -0.2) is 0 Å². The molecule has 0 saturated carbocycles. The SMILES string of the molecule is CN=C(NCc1ccc(CN2CCCN(C)CC2)cc1)NCC1Cc2ccccc2O1. The number of para-hydroxylation sites is 1. The molecule has 2 heterocycles. The number of ether oxygens (including phenoxy) is 1. The average molecular weight is 422 g/mol. The summed E-state index contributed by atoms with van der Waals surface area (Å²) < 4.78 is 6.00. The van der Waals surface area contributed by atoms with Crippen LogP contribution < -0.4 is 15.4 Å². The van der Waals surface area contributed by atoms with Gasteiger partial charge in [-0.3, -0.25) is 9.89 Å². The van der Waals surface area contributed by atoms with Crippen LogP contribution in [0.3, 0.4) is 0 Å². The van der Waals surface area contributed by atoms with E-state index in [1.165, 1.54) is 36.2 Å². The molecule has 2 aliphatic rings. The third-order valence-corrected chi connectivity index (χ3v) is 6.14. The molecule has 4 rings (SSSR count). The molecule has 1 atom stereocenters. The molecular weight excluding hydrogens is 386 g/mol. The van der Waals surface area contributed by atoms with Crippen LogP contribution in [-0.4, -0.2) is 68.7 Å². The summed E-state index contributed by atoms with van der Waals surface area (Å²) >= 11 is 0. The molecule has 0 amide bonds. The van der Waals surface area contributed by atoms with Gasteiger partial charge >= 0.3 is 0 Å². The Morgan fingerprint density at radius 2 is 1.81 bits per heavy atom. The van der Waals surface area contributed by atoms with Gasteiger partial charge in [0.2, 0.25) is 0 Å². The van der Waals surface area contributed by atoms with Crippen LogP contribution in [0.4, 0.5) is 0 Å². The van der Waals surface area contributed by atoms with Crippen molar-refractivity contribution < 1.29 is 4.74 Å². The van der Waals surface area contributed by atoms with Crippen molar-refractivity contribution >= 4 is 5.96 Å². The third kappa shape index (κ3) is 6.21. The molecule has 6 nitrogen and oxygen atoms in total. The summed E-state index contributed by atoms with van der Waals surface area (Å²) in [6.07, 6.45) is 2.34. The van der Waals surface area contributed by atoms with E-state index >= 15 is 0 Å².